The van der Waals surface area contributed by atoms with Crippen LogP contribution in [0.4, 0.5) is 5.69 Å². The predicted molar refractivity (Wildman–Crippen MR) is 109 cm³/mol. The number of hydrogen-bond donors (Lipinski definition) is 2. The lowest BCUT2D eigenvalue weighted by Crippen LogP contribution is -2.13. The third-order valence-electron chi connectivity index (χ3n) is 4.19. The Balaban J connectivity index is 1.66. The number of nitrogens with zero attached hydrogens (tertiary/aromatic N) is 2. The van der Waals surface area contributed by atoms with Crippen LogP contribution in [0, 0.1) is 6.92 Å². The van der Waals surface area contributed by atoms with Gasteiger partial charge in [0.25, 0.3) is 5.91 Å². The number of thioether (sulfide) groups is 1. The van der Waals surface area contributed by atoms with Gasteiger partial charge in [0.2, 0.25) is 0 Å². The Bertz CT molecular complexity index is 1140. The number of fused-ring (bicyclic) bond motifs is 1. The monoisotopic (exact) mass is 391 g/mol. The molecule has 2 aromatic carbocycles. The van der Waals surface area contributed by atoms with Gasteiger partial charge < -0.3 is 14.8 Å². The highest BCUT2D eigenvalue weighted by molar-refractivity contribution is 7.98. The first-order chi connectivity index (χ1) is 13.6. The van der Waals surface area contributed by atoms with Crippen molar-refractivity contribution in [3.8, 4) is 5.75 Å². The lowest BCUT2D eigenvalue weighted by molar-refractivity contribution is 0.0997. The molecule has 2 aromatic heterocycles. The molecule has 28 heavy (non-hydrogen) atoms. The molecule has 7 heteroatoms. The summed E-state index contributed by atoms with van der Waals surface area (Å²) in [5, 5.41) is 14.3. The first-order valence-corrected chi connectivity index (χ1v) is 9.61. The molecule has 0 aliphatic heterocycles. The van der Waals surface area contributed by atoms with Gasteiger partial charge in [-0.05, 0) is 36.8 Å². The van der Waals surface area contributed by atoms with E-state index < -0.39 is 5.91 Å². The summed E-state index contributed by atoms with van der Waals surface area (Å²) in [5.41, 5.74) is 2.63. The maximum Gasteiger partial charge on any atom is 0.291 e. The molecule has 2 N–H and O–H groups in total. The molecule has 0 saturated carbocycles. The molecule has 4 aromatic rings. The van der Waals surface area contributed by atoms with E-state index in [0.717, 1.165) is 16.5 Å². The summed E-state index contributed by atoms with van der Waals surface area (Å²) >= 11 is 1.42. The van der Waals surface area contributed by atoms with Crippen LogP contribution in [0.2, 0.25) is 0 Å². The second kappa shape index (κ2) is 7.74. The Hall–Kier alpha value is -3.32. The van der Waals surface area contributed by atoms with Crippen LogP contribution in [0.25, 0.3) is 11.0 Å². The highest BCUT2D eigenvalue weighted by atomic mass is 32.2. The minimum absolute atomic E-state index is 0.0121. The van der Waals surface area contributed by atoms with Gasteiger partial charge in [-0.2, -0.15) is 0 Å². The largest absolute Gasteiger partial charge is 0.506 e. The van der Waals surface area contributed by atoms with E-state index in [9.17, 15) is 9.90 Å². The highest BCUT2D eigenvalue weighted by Crippen LogP contribution is 2.32. The molecule has 0 radical (unpaired) electrons. The minimum atomic E-state index is -0.417. The smallest absolute Gasteiger partial charge is 0.291 e. The van der Waals surface area contributed by atoms with Gasteiger partial charge in [-0.25, -0.2) is 9.97 Å². The number of carbonyl (C=O) groups excluding carboxylic acids is 1. The summed E-state index contributed by atoms with van der Waals surface area (Å²) in [6.07, 6.45) is 3.35. The fourth-order valence-corrected chi connectivity index (χ4v) is 3.68. The fourth-order valence-electron chi connectivity index (χ4n) is 2.85. The lowest BCUT2D eigenvalue weighted by Gasteiger charge is -2.08. The van der Waals surface area contributed by atoms with Gasteiger partial charge in [-0.1, -0.05) is 36.0 Å². The maximum atomic E-state index is 12.9. The molecule has 140 valence electrons. The van der Waals surface area contributed by atoms with Crippen LogP contribution in [-0.4, -0.2) is 21.0 Å². The summed E-state index contributed by atoms with van der Waals surface area (Å²) in [6.45, 7) is 1.87. The van der Waals surface area contributed by atoms with Crippen molar-refractivity contribution in [2.24, 2.45) is 0 Å². The molecule has 0 aliphatic rings. The molecular formula is C21H17N3O3S. The van der Waals surface area contributed by atoms with Crippen molar-refractivity contribution in [3.63, 3.8) is 0 Å². The van der Waals surface area contributed by atoms with Gasteiger partial charge in [0.15, 0.2) is 10.9 Å². The van der Waals surface area contributed by atoms with Crippen molar-refractivity contribution in [1.82, 2.24) is 9.97 Å². The summed E-state index contributed by atoms with van der Waals surface area (Å²) in [7, 11) is 0. The summed E-state index contributed by atoms with van der Waals surface area (Å²) in [4.78, 5) is 21.3. The van der Waals surface area contributed by atoms with Gasteiger partial charge in [0, 0.05) is 29.1 Å². The Morgan fingerprint density at radius 3 is 2.71 bits per heavy atom. The molecule has 0 bridgehead atoms. The molecule has 0 spiro atoms. The van der Waals surface area contributed by atoms with Gasteiger partial charge in [-0.3, -0.25) is 4.79 Å². The van der Waals surface area contributed by atoms with Gasteiger partial charge in [0.1, 0.15) is 11.3 Å². The molecule has 1 amide bonds. The number of anilines is 1. The van der Waals surface area contributed by atoms with Crippen molar-refractivity contribution < 1.29 is 14.3 Å². The SMILES string of the molecule is Cc1ccc(NC(=O)c2oc3ccccc3c2CSc2ncccn2)c(O)c1. The Morgan fingerprint density at radius 2 is 1.93 bits per heavy atom. The van der Waals surface area contributed by atoms with Crippen LogP contribution in [0.15, 0.2) is 70.5 Å². The van der Waals surface area contributed by atoms with Gasteiger partial charge >= 0.3 is 0 Å². The first-order valence-electron chi connectivity index (χ1n) is 8.63. The number of benzene rings is 2. The van der Waals surface area contributed by atoms with Gasteiger partial charge in [-0.15, -0.1) is 0 Å². The van der Waals surface area contributed by atoms with E-state index in [-0.39, 0.29) is 11.5 Å². The third-order valence-corrected chi connectivity index (χ3v) is 5.10. The zero-order valence-corrected chi connectivity index (χ0v) is 15.9. The molecule has 0 atom stereocenters. The van der Waals surface area contributed by atoms with Crippen molar-refractivity contribution in [2.45, 2.75) is 17.8 Å². The number of amides is 1. The van der Waals surface area contributed by atoms with Gasteiger partial charge in [0.05, 0.1) is 5.69 Å². The highest BCUT2D eigenvalue weighted by Gasteiger charge is 2.21. The molecule has 4 rings (SSSR count). The standard InChI is InChI=1S/C21H17N3O3S/c1-13-7-8-16(17(25)11-13)24-20(26)19-15(12-28-21-22-9-4-10-23-21)14-5-2-3-6-18(14)27-19/h2-11,25H,12H2,1H3,(H,24,26). The van der Waals surface area contributed by atoms with Crippen LogP contribution in [0.5, 0.6) is 5.75 Å². The molecular weight excluding hydrogens is 374 g/mol. The number of furan rings is 1. The number of carbonyl (C=O) groups is 1. The Morgan fingerprint density at radius 1 is 1.14 bits per heavy atom. The van der Waals surface area contributed by atoms with Crippen molar-refractivity contribution in [2.75, 3.05) is 5.32 Å². The number of aromatic hydroxyl groups is 1. The predicted octanol–water partition coefficient (Wildman–Crippen LogP) is 4.78. The zero-order valence-electron chi connectivity index (χ0n) is 15.0. The van der Waals surface area contributed by atoms with E-state index in [1.54, 1.807) is 30.6 Å². The van der Waals surface area contributed by atoms with Crippen molar-refractivity contribution >= 4 is 34.3 Å². The average Bonchev–Trinajstić information content (AvgIpc) is 3.08. The van der Waals surface area contributed by atoms with E-state index in [1.165, 1.54) is 11.8 Å². The number of hydrogen-bond acceptors (Lipinski definition) is 6. The quantitative estimate of drug-likeness (QED) is 0.289. The van der Waals surface area contributed by atoms with Crippen LogP contribution >= 0.6 is 11.8 Å². The molecule has 2 heterocycles. The van der Waals surface area contributed by atoms with E-state index in [4.69, 9.17) is 4.42 Å². The molecule has 0 fully saturated rings. The lowest BCUT2D eigenvalue weighted by atomic mass is 10.1. The summed E-state index contributed by atoms with van der Waals surface area (Å²) < 4.78 is 5.84. The van der Waals surface area contributed by atoms with E-state index in [2.05, 4.69) is 15.3 Å². The van der Waals surface area contributed by atoms with Crippen LogP contribution in [-0.2, 0) is 5.75 Å². The maximum absolute atomic E-state index is 12.9. The topological polar surface area (TPSA) is 88.3 Å². The minimum Gasteiger partial charge on any atom is -0.506 e. The molecule has 0 saturated heterocycles. The number of aromatic nitrogens is 2. The summed E-state index contributed by atoms with van der Waals surface area (Å²) in [6, 6.07) is 14.3. The zero-order chi connectivity index (χ0) is 19.5. The molecule has 0 unspecified atom stereocenters. The van der Waals surface area contributed by atoms with E-state index >= 15 is 0 Å². The van der Waals surface area contributed by atoms with Crippen molar-refractivity contribution in [1.29, 1.82) is 0 Å². The van der Waals surface area contributed by atoms with Crippen LogP contribution < -0.4 is 5.32 Å². The van der Waals surface area contributed by atoms with Crippen LogP contribution in [0.1, 0.15) is 21.7 Å². The van der Waals surface area contributed by atoms with Crippen LogP contribution in [0.3, 0.4) is 0 Å². The van der Waals surface area contributed by atoms with E-state index in [0.29, 0.717) is 22.2 Å². The number of phenolic OH excluding ortho intramolecular Hbond substituents is 1. The fraction of sp³-hybridized carbons (Fsp3) is 0.0952. The number of phenols is 1. The Labute approximate surface area is 165 Å². The number of rotatable bonds is 5. The van der Waals surface area contributed by atoms with Crippen molar-refractivity contribution in [3.05, 3.63) is 77.8 Å². The number of aryl methyl sites for hydroxylation is 1. The Kier molecular flexibility index (Phi) is 4.99. The third kappa shape index (κ3) is 3.70. The number of nitrogens with one attached hydrogen (secondary N) is 1. The average molecular weight is 391 g/mol. The second-order valence-electron chi connectivity index (χ2n) is 6.20. The molecule has 0 aliphatic carbocycles. The first kappa shape index (κ1) is 18.1. The number of para-hydroxylation sites is 1. The normalized spacial score (nSPS) is 10.9. The summed E-state index contributed by atoms with van der Waals surface area (Å²) in [5.74, 6) is 0.284. The van der Waals surface area contributed by atoms with E-state index in [1.807, 2.05) is 37.3 Å². The molecule has 6 nitrogen and oxygen atoms in total. The second-order valence-corrected chi connectivity index (χ2v) is 7.14.